The van der Waals surface area contributed by atoms with Crippen LogP contribution in [0.25, 0.3) is 0 Å². The molecule has 0 aromatic heterocycles. The molecule has 9 atom stereocenters. The molecule has 8 heteroatoms. The Kier molecular flexibility index (Phi) is 5.25. The van der Waals surface area contributed by atoms with E-state index in [-0.39, 0.29) is 18.4 Å². The van der Waals surface area contributed by atoms with Gasteiger partial charge in [-0.1, -0.05) is 13.8 Å². The van der Waals surface area contributed by atoms with Crippen molar-refractivity contribution in [1.29, 1.82) is 0 Å². The molecular formula is C21H30F6O2. The number of alkyl halides is 6. The van der Waals surface area contributed by atoms with Gasteiger partial charge in [-0.05, 0) is 85.9 Å². The number of hydrogen-bond donors (Lipinski definition) is 0. The van der Waals surface area contributed by atoms with E-state index in [1.165, 1.54) is 6.92 Å². The lowest BCUT2D eigenvalue weighted by Crippen LogP contribution is -2.60. The summed E-state index contributed by atoms with van der Waals surface area (Å²) >= 11 is 0. The minimum Gasteiger partial charge on any atom is -0.356 e. The molecule has 168 valence electrons. The second-order valence-electron chi connectivity index (χ2n) is 9.87. The summed E-state index contributed by atoms with van der Waals surface area (Å²) in [5, 5.41) is 0. The van der Waals surface area contributed by atoms with Gasteiger partial charge in [-0.15, -0.1) is 0 Å². The van der Waals surface area contributed by atoms with Crippen LogP contribution in [0.4, 0.5) is 26.3 Å². The van der Waals surface area contributed by atoms with Crippen molar-refractivity contribution in [2.24, 2.45) is 53.3 Å². The topological polar surface area (TPSA) is 18.5 Å². The Hall–Kier alpha value is -0.500. The van der Waals surface area contributed by atoms with Crippen molar-refractivity contribution in [1.82, 2.24) is 0 Å². The van der Waals surface area contributed by atoms with Crippen molar-refractivity contribution in [2.45, 2.75) is 64.4 Å². The molecule has 0 saturated heterocycles. The Balaban J connectivity index is 1.58. The van der Waals surface area contributed by atoms with Gasteiger partial charge < -0.3 is 9.47 Å². The molecule has 4 aliphatic carbocycles. The molecule has 0 spiro atoms. The number of ether oxygens (including phenoxy) is 2. The van der Waals surface area contributed by atoms with Crippen LogP contribution in [0.1, 0.15) is 46.5 Å². The molecule has 0 radical (unpaired) electrons. The Bertz CT molecular complexity index is 603. The van der Waals surface area contributed by atoms with Crippen LogP contribution in [0.3, 0.4) is 0 Å². The predicted molar refractivity (Wildman–Crippen MR) is 93.6 cm³/mol. The minimum absolute atomic E-state index is 0.0111. The van der Waals surface area contributed by atoms with Crippen LogP contribution in [0.5, 0.6) is 0 Å². The Labute approximate surface area is 167 Å². The first-order valence-electron chi connectivity index (χ1n) is 10.8. The van der Waals surface area contributed by atoms with E-state index >= 15 is 0 Å². The fourth-order valence-electron chi connectivity index (χ4n) is 7.81. The quantitative estimate of drug-likeness (QED) is 0.222. The van der Waals surface area contributed by atoms with E-state index < -0.39 is 37.1 Å². The van der Waals surface area contributed by atoms with Crippen LogP contribution in [-0.4, -0.2) is 31.4 Å². The van der Waals surface area contributed by atoms with Gasteiger partial charge in [0.05, 0.1) is 0 Å². The van der Waals surface area contributed by atoms with Crippen LogP contribution in [0.15, 0.2) is 0 Å². The summed E-state index contributed by atoms with van der Waals surface area (Å²) in [7, 11) is 0. The van der Waals surface area contributed by atoms with E-state index in [2.05, 4.69) is 18.6 Å². The Morgan fingerprint density at radius 2 is 1.38 bits per heavy atom. The van der Waals surface area contributed by atoms with Crippen LogP contribution in [0.2, 0.25) is 0 Å². The molecule has 0 N–H and O–H groups in total. The highest BCUT2D eigenvalue weighted by molar-refractivity contribution is 5.15. The Morgan fingerprint density at radius 1 is 0.793 bits per heavy atom. The lowest BCUT2D eigenvalue weighted by molar-refractivity contribution is -0.398. The largest absolute Gasteiger partial charge is 0.426 e. The zero-order valence-corrected chi connectivity index (χ0v) is 17.0. The minimum atomic E-state index is -5.54. The first kappa shape index (κ1) is 21.7. The molecule has 4 rings (SSSR count). The molecule has 4 aliphatic rings. The van der Waals surface area contributed by atoms with Gasteiger partial charge in [0.25, 0.3) is 5.60 Å². The second kappa shape index (κ2) is 7.01. The standard InChI is InChI=1S/C21H30F6O2/c1-4-28-9-29-19(20(22,23)24,21(25,26)27)8-13-5-12-6-16(13)18-15-7-14(17(12)18)10(2)11(15)3/h10-18H,4-9H2,1-3H3. The molecule has 0 amide bonds. The molecule has 0 aromatic carbocycles. The molecule has 29 heavy (non-hydrogen) atoms. The maximum absolute atomic E-state index is 13.8. The van der Waals surface area contributed by atoms with E-state index in [9.17, 15) is 26.3 Å². The van der Waals surface area contributed by atoms with Crippen molar-refractivity contribution in [3.05, 3.63) is 0 Å². The van der Waals surface area contributed by atoms with Gasteiger partial charge >= 0.3 is 12.4 Å². The molecule has 0 heterocycles. The summed E-state index contributed by atoms with van der Waals surface area (Å²) in [5.74, 6) is 2.58. The fourth-order valence-corrected chi connectivity index (χ4v) is 7.81. The first-order valence-corrected chi connectivity index (χ1v) is 10.8. The molecule has 4 fully saturated rings. The van der Waals surface area contributed by atoms with Crippen molar-refractivity contribution >= 4 is 0 Å². The maximum atomic E-state index is 13.8. The third kappa shape index (κ3) is 3.06. The van der Waals surface area contributed by atoms with Crippen LogP contribution < -0.4 is 0 Å². The summed E-state index contributed by atoms with van der Waals surface area (Å²) in [6, 6.07) is 0. The molecule has 0 aliphatic heterocycles. The van der Waals surface area contributed by atoms with Crippen molar-refractivity contribution in [3.63, 3.8) is 0 Å². The van der Waals surface area contributed by atoms with Crippen LogP contribution >= 0.6 is 0 Å². The lowest BCUT2D eigenvalue weighted by atomic mass is 9.61. The third-order valence-electron chi connectivity index (χ3n) is 9.04. The number of halogens is 6. The highest BCUT2D eigenvalue weighted by Crippen LogP contribution is 2.72. The first-order chi connectivity index (χ1) is 13.4. The van der Waals surface area contributed by atoms with Crippen molar-refractivity contribution < 1.29 is 35.8 Å². The van der Waals surface area contributed by atoms with Gasteiger partial charge in [-0.3, -0.25) is 0 Å². The molecular weight excluding hydrogens is 398 g/mol. The van der Waals surface area contributed by atoms with Gasteiger partial charge in [0.15, 0.2) is 0 Å². The average Bonchev–Trinajstić information content (AvgIpc) is 3.32. The SMILES string of the molecule is CCOCOC(CC1CC2CC1C1C3CC(C(C)C3C)C21)(C(F)(F)F)C(F)(F)F. The summed E-state index contributed by atoms with van der Waals surface area (Å²) in [5.41, 5.74) is -4.16. The molecule has 4 bridgehead atoms. The van der Waals surface area contributed by atoms with E-state index in [1.54, 1.807) is 0 Å². The molecule has 9 unspecified atom stereocenters. The maximum Gasteiger partial charge on any atom is 0.426 e. The van der Waals surface area contributed by atoms with Gasteiger partial charge in [0.1, 0.15) is 6.79 Å². The monoisotopic (exact) mass is 428 g/mol. The van der Waals surface area contributed by atoms with Crippen molar-refractivity contribution in [2.75, 3.05) is 13.4 Å². The summed E-state index contributed by atoms with van der Waals surface area (Å²) < 4.78 is 92.2. The van der Waals surface area contributed by atoms with Gasteiger partial charge in [-0.2, -0.15) is 26.3 Å². The Morgan fingerprint density at radius 3 is 1.93 bits per heavy atom. The van der Waals surface area contributed by atoms with Crippen LogP contribution in [0, 0.1) is 53.3 Å². The van der Waals surface area contributed by atoms with Gasteiger partial charge in [-0.25, -0.2) is 0 Å². The second-order valence-corrected chi connectivity index (χ2v) is 9.87. The lowest BCUT2D eigenvalue weighted by Gasteiger charge is -2.46. The summed E-state index contributed by atoms with van der Waals surface area (Å²) in [4.78, 5) is 0. The zero-order chi connectivity index (χ0) is 21.4. The van der Waals surface area contributed by atoms with Crippen molar-refractivity contribution in [3.8, 4) is 0 Å². The summed E-state index contributed by atoms with van der Waals surface area (Å²) in [6.07, 6.45) is -9.79. The zero-order valence-electron chi connectivity index (χ0n) is 17.0. The van der Waals surface area contributed by atoms with Gasteiger partial charge in [0.2, 0.25) is 0 Å². The highest BCUT2D eigenvalue weighted by atomic mass is 19.4. The van der Waals surface area contributed by atoms with Crippen LogP contribution in [-0.2, 0) is 9.47 Å². The summed E-state index contributed by atoms with van der Waals surface area (Å²) in [6.45, 7) is 4.94. The molecule has 0 aromatic rings. The smallest absolute Gasteiger partial charge is 0.356 e. The fraction of sp³-hybridized carbons (Fsp3) is 1.00. The predicted octanol–water partition coefficient (Wildman–Crippen LogP) is 6.06. The molecule has 4 saturated carbocycles. The average molecular weight is 428 g/mol. The van der Waals surface area contributed by atoms with Gasteiger partial charge in [0, 0.05) is 6.61 Å². The van der Waals surface area contributed by atoms with E-state index in [0.29, 0.717) is 41.9 Å². The van der Waals surface area contributed by atoms with E-state index in [1.807, 2.05) is 0 Å². The number of hydrogen-bond acceptors (Lipinski definition) is 2. The third-order valence-corrected chi connectivity index (χ3v) is 9.04. The highest BCUT2D eigenvalue weighted by Gasteiger charge is 2.74. The van der Waals surface area contributed by atoms with E-state index in [4.69, 9.17) is 4.74 Å². The molecule has 2 nitrogen and oxygen atoms in total. The number of rotatable bonds is 6. The normalized spacial score (nSPS) is 44.0. The number of fused-ring (bicyclic) bond motifs is 9. The van der Waals surface area contributed by atoms with E-state index in [0.717, 1.165) is 12.8 Å².